The minimum Gasteiger partial charge on any atom is -0.207 e. The summed E-state index contributed by atoms with van der Waals surface area (Å²) in [6.07, 6.45) is 1.65. The molecule has 0 heterocycles. The van der Waals surface area contributed by atoms with Crippen LogP contribution < -0.4 is 0 Å². The highest BCUT2D eigenvalue weighted by Crippen LogP contribution is 2.15. The van der Waals surface area contributed by atoms with Crippen LogP contribution in [0.3, 0.4) is 0 Å². The van der Waals surface area contributed by atoms with Crippen molar-refractivity contribution in [1.82, 2.24) is 0 Å². The molecule has 0 aliphatic carbocycles. The van der Waals surface area contributed by atoms with E-state index in [2.05, 4.69) is 0 Å². The van der Waals surface area contributed by atoms with Crippen LogP contribution in [0, 0.1) is 17.5 Å². The van der Waals surface area contributed by atoms with E-state index >= 15 is 0 Å². The van der Waals surface area contributed by atoms with Gasteiger partial charge in [0.25, 0.3) is 0 Å². The van der Waals surface area contributed by atoms with Gasteiger partial charge < -0.3 is 0 Å². The van der Waals surface area contributed by atoms with Crippen LogP contribution in [0.25, 0.3) is 0 Å². The molecular formula is C15H13F3. The Balaban J connectivity index is 1.94. The third-order valence-electron chi connectivity index (χ3n) is 2.87. The van der Waals surface area contributed by atoms with Gasteiger partial charge >= 0.3 is 0 Å². The van der Waals surface area contributed by atoms with E-state index in [1.165, 1.54) is 30.3 Å². The maximum atomic E-state index is 13.3. The van der Waals surface area contributed by atoms with Crippen molar-refractivity contribution in [3.63, 3.8) is 0 Å². The van der Waals surface area contributed by atoms with E-state index in [1.54, 1.807) is 12.1 Å². The zero-order valence-corrected chi connectivity index (χ0v) is 9.80. The van der Waals surface area contributed by atoms with Crippen LogP contribution in [0.1, 0.15) is 17.5 Å². The zero-order valence-electron chi connectivity index (χ0n) is 9.80. The van der Waals surface area contributed by atoms with E-state index in [-0.39, 0.29) is 11.4 Å². The fourth-order valence-corrected chi connectivity index (χ4v) is 1.89. The first-order valence-electron chi connectivity index (χ1n) is 5.84. The lowest BCUT2D eigenvalue weighted by atomic mass is 10.0. The summed E-state index contributed by atoms with van der Waals surface area (Å²) in [5, 5.41) is 0. The molecule has 18 heavy (non-hydrogen) atoms. The molecule has 0 nitrogen and oxygen atoms in total. The lowest BCUT2D eigenvalue weighted by Gasteiger charge is -2.05. The number of aryl methyl sites for hydroxylation is 1. The lowest BCUT2D eigenvalue weighted by Crippen LogP contribution is -1.97. The summed E-state index contributed by atoms with van der Waals surface area (Å²) in [5.74, 6) is -1.29. The van der Waals surface area contributed by atoms with E-state index in [0.717, 1.165) is 5.56 Å². The molecule has 0 saturated heterocycles. The molecule has 94 valence electrons. The largest absolute Gasteiger partial charge is 0.207 e. The number of hydrogen-bond donors (Lipinski definition) is 0. The molecule has 0 atom stereocenters. The van der Waals surface area contributed by atoms with Gasteiger partial charge in [0.1, 0.15) is 17.5 Å². The molecule has 2 aromatic carbocycles. The Morgan fingerprint density at radius 3 is 1.94 bits per heavy atom. The van der Waals surface area contributed by atoms with E-state index in [0.29, 0.717) is 19.3 Å². The average Bonchev–Trinajstić information content (AvgIpc) is 2.35. The van der Waals surface area contributed by atoms with Crippen LogP contribution in [0.2, 0.25) is 0 Å². The number of hydrogen-bond acceptors (Lipinski definition) is 0. The normalized spacial score (nSPS) is 10.6. The predicted octanol–water partition coefficient (Wildman–Crippen LogP) is 4.28. The van der Waals surface area contributed by atoms with Gasteiger partial charge in [-0.25, -0.2) is 13.2 Å². The molecule has 0 saturated carbocycles. The number of benzene rings is 2. The van der Waals surface area contributed by atoms with Crippen LogP contribution in [0.15, 0.2) is 42.5 Å². The second-order valence-corrected chi connectivity index (χ2v) is 4.18. The highest BCUT2D eigenvalue weighted by Gasteiger charge is 2.07. The Kier molecular flexibility index (Phi) is 4.03. The van der Waals surface area contributed by atoms with Crippen LogP contribution in [0.4, 0.5) is 13.2 Å². The summed E-state index contributed by atoms with van der Waals surface area (Å²) in [7, 11) is 0. The van der Waals surface area contributed by atoms with Gasteiger partial charge in [0, 0.05) is 5.56 Å². The Morgan fingerprint density at radius 2 is 1.33 bits per heavy atom. The molecule has 0 radical (unpaired) electrons. The van der Waals surface area contributed by atoms with Gasteiger partial charge in [-0.1, -0.05) is 18.2 Å². The first-order chi connectivity index (χ1) is 8.66. The fourth-order valence-electron chi connectivity index (χ4n) is 1.89. The smallest absolute Gasteiger partial charge is 0.129 e. The Bertz CT molecular complexity index is 498. The Labute approximate surface area is 104 Å². The summed E-state index contributed by atoms with van der Waals surface area (Å²) in [6, 6.07) is 10.0. The maximum Gasteiger partial charge on any atom is 0.129 e. The molecule has 0 bridgehead atoms. The summed E-state index contributed by atoms with van der Waals surface area (Å²) < 4.78 is 39.4. The molecule has 0 aliphatic rings. The average molecular weight is 250 g/mol. The van der Waals surface area contributed by atoms with Gasteiger partial charge in [0.2, 0.25) is 0 Å². The summed E-state index contributed by atoms with van der Waals surface area (Å²) >= 11 is 0. The SMILES string of the molecule is Fc1ccc(CCCc2c(F)cccc2F)cc1. The maximum absolute atomic E-state index is 13.3. The van der Waals surface area contributed by atoms with E-state index in [4.69, 9.17) is 0 Å². The van der Waals surface area contributed by atoms with Gasteiger partial charge in [-0.05, 0) is 49.1 Å². The molecule has 0 fully saturated rings. The monoisotopic (exact) mass is 250 g/mol. The van der Waals surface area contributed by atoms with Crippen molar-refractivity contribution >= 4 is 0 Å². The van der Waals surface area contributed by atoms with E-state index < -0.39 is 11.6 Å². The first kappa shape index (κ1) is 12.7. The Hall–Kier alpha value is -1.77. The third-order valence-corrected chi connectivity index (χ3v) is 2.87. The van der Waals surface area contributed by atoms with Crippen LogP contribution in [0.5, 0.6) is 0 Å². The first-order valence-corrected chi connectivity index (χ1v) is 5.84. The lowest BCUT2D eigenvalue weighted by molar-refractivity contribution is 0.550. The van der Waals surface area contributed by atoms with Crippen molar-refractivity contribution in [1.29, 1.82) is 0 Å². The summed E-state index contributed by atoms with van der Waals surface area (Å²) in [4.78, 5) is 0. The van der Waals surface area contributed by atoms with Crippen molar-refractivity contribution < 1.29 is 13.2 Å². The molecule has 2 rings (SSSR count). The molecule has 3 heteroatoms. The van der Waals surface area contributed by atoms with E-state index in [1.807, 2.05) is 0 Å². The van der Waals surface area contributed by atoms with Gasteiger partial charge in [-0.15, -0.1) is 0 Å². The second-order valence-electron chi connectivity index (χ2n) is 4.18. The molecular weight excluding hydrogens is 237 g/mol. The molecule has 0 spiro atoms. The highest BCUT2D eigenvalue weighted by molar-refractivity contribution is 5.21. The minimum absolute atomic E-state index is 0.125. The summed E-state index contributed by atoms with van der Waals surface area (Å²) in [6.45, 7) is 0. The molecule has 0 amide bonds. The van der Waals surface area contributed by atoms with Gasteiger partial charge in [-0.2, -0.15) is 0 Å². The number of halogens is 3. The molecule has 2 aromatic rings. The summed E-state index contributed by atoms with van der Waals surface area (Å²) in [5.41, 5.74) is 1.09. The van der Waals surface area contributed by atoms with Crippen LogP contribution >= 0.6 is 0 Å². The highest BCUT2D eigenvalue weighted by atomic mass is 19.1. The molecule has 0 aromatic heterocycles. The van der Waals surface area contributed by atoms with Crippen molar-refractivity contribution in [2.45, 2.75) is 19.3 Å². The third kappa shape index (κ3) is 3.13. The standard InChI is InChI=1S/C15H13F3/c16-12-9-7-11(8-10-12)3-1-4-13-14(17)5-2-6-15(13)18/h2,5-10H,1,3-4H2. The van der Waals surface area contributed by atoms with Crippen molar-refractivity contribution in [3.05, 3.63) is 71.0 Å². The van der Waals surface area contributed by atoms with Crippen molar-refractivity contribution in [3.8, 4) is 0 Å². The quantitative estimate of drug-likeness (QED) is 0.759. The van der Waals surface area contributed by atoms with E-state index in [9.17, 15) is 13.2 Å². The predicted molar refractivity (Wildman–Crippen MR) is 64.8 cm³/mol. The van der Waals surface area contributed by atoms with Gasteiger partial charge in [-0.3, -0.25) is 0 Å². The molecule has 0 N–H and O–H groups in total. The second kappa shape index (κ2) is 5.71. The van der Waals surface area contributed by atoms with Crippen LogP contribution in [-0.4, -0.2) is 0 Å². The fraction of sp³-hybridized carbons (Fsp3) is 0.200. The number of rotatable bonds is 4. The zero-order chi connectivity index (χ0) is 13.0. The van der Waals surface area contributed by atoms with Gasteiger partial charge in [0.15, 0.2) is 0 Å². The minimum atomic E-state index is -0.505. The molecule has 0 aliphatic heterocycles. The Morgan fingerprint density at radius 1 is 0.722 bits per heavy atom. The van der Waals surface area contributed by atoms with Crippen LogP contribution in [-0.2, 0) is 12.8 Å². The molecule has 0 unspecified atom stereocenters. The van der Waals surface area contributed by atoms with Crippen molar-refractivity contribution in [2.24, 2.45) is 0 Å². The van der Waals surface area contributed by atoms with Crippen molar-refractivity contribution in [2.75, 3.05) is 0 Å². The van der Waals surface area contributed by atoms with Gasteiger partial charge in [0.05, 0.1) is 0 Å². The topological polar surface area (TPSA) is 0 Å².